The lowest BCUT2D eigenvalue weighted by atomic mass is 9.89. The molecule has 3 fully saturated rings. The zero-order chi connectivity index (χ0) is 65.2. The molecular formula is C63H96N12O13S. The van der Waals surface area contributed by atoms with Crippen molar-refractivity contribution >= 4 is 76.2 Å². The third-order valence-electron chi connectivity index (χ3n) is 18.1. The van der Waals surface area contributed by atoms with Gasteiger partial charge in [0.2, 0.25) is 41.4 Å². The minimum atomic E-state index is -1.13. The van der Waals surface area contributed by atoms with Crippen molar-refractivity contribution in [1.82, 2.24) is 51.2 Å². The highest BCUT2D eigenvalue weighted by atomic mass is 32.1. The van der Waals surface area contributed by atoms with Gasteiger partial charge in [-0.15, -0.1) is 11.3 Å². The number of likely N-dealkylation sites (tertiary alicyclic amines) is 2. The molecule has 26 heteroatoms. The number of amides is 11. The summed E-state index contributed by atoms with van der Waals surface area (Å²) in [5.41, 5.74) is 6.40. The molecule has 11 amide bonds. The molecule has 1 saturated carbocycles. The molecule has 6 rings (SSSR count). The largest absolute Gasteiger partial charge is 0.379 e. The third-order valence-corrected chi connectivity index (χ3v) is 19.0. The van der Waals surface area contributed by atoms with E-state index in [-0.39, 0.29) is 106 Å². The van der Waals surface area contributed by atoms with Gasteiger partial charge in [0.25, 0.3) is 11.8 Å². The first-order valence-corrected chi connectivity index (χ1v) is 32.2. The topological polar surface area (TPSA) is 322 Å². The lowest BCUT2D eigenvalue weighted by Gasteiger charge is -2.41. The summed E-state index contributed by atoms with van der Waals surface area (Å²) >= 11 is 1.36. The number of hydrogen-bond acceptors (Lipinski definition) is 16. The van der Waals surface area contributed by atoms with Gasteiger partial charge in [-0.05, 0) is 99.8 Å². The summed E-state index contributed by atoms with van der Waals surface area (Å²) in [4.78, 5) is 145. The minimum absolute atomic E-state index is 0.0157. The number of hydrogen-bond donors (Lipinski definition) is 7. The SMILES string of the molecule is CCC(C)C(C(CC(=O)N1CCCC1C(OC)C(C)C(=O)NC(Cc1cccc(NC(=O)C(CCCNC(N)=O)NC(=O)C(NC(=O)CCOCCN2C(=O)C=CC2=O)C(C)C)c1)c1nccs1)OC)N(C)C(=O)C(NC(=O)C1C2CCC(C2)N1C)C(C)C. The van der Waals surface area contributed by atoms with E-state index >= 15 is 0 Å². The second-order valence-electron chi connectivity index (χ2n) is 24.8. The molecule has 4 heterocycles. The summed E-state index contributed by atoms with van der Waals surface area (Å²) in [6.45, 7) is 13.7. The molecule has 1 aromatic carbocycles. The van der Waals surface area contributed by atoms with Crippen LogP contribution in [-0.4, -0.2) is 199 Å². The average molecular weight is 1260 g/mol. The molecule has 2 bridgehead atoms. The second-order valence-corrected chi connectivity index (χ2v) is 25.7. The normalized spacial score (nSPS) is 21.2. The molecule has 89 heavy (non-hydrogen) atoms. The number of likely N-dealkylation sites (N-methyl/N-ethyl adjacent to an activating group) is 2. The molecule has 4 aliphatic rings. The molecule has 8 N–H and O–H groups in total. The number of aromatic nitrogens is 1. The Morgan fingerprint density at radius 3 is 2.20 bits per heavy atom. The van der Waals surface area contributed by atoms with Crippen LogP contribution >= 0.6 is 11.3 Å². The van der Waals surface area contributed by atoms with E-state index in [0.717, 1.165) is 29.7 Å². The molecule has 0 radical (unpaired) electrons. The van der Waals surface area contributed by atoms with Gasteiger partial charge in [0.1, 0.15) is 23.1 Å². The summed E-state index contributed by atoms with van der Waals surface area (Å²) in [6, 6.07) is 1.86. The average Bonchev–Trinajstić information content (AvgIpc) is 2.82. The first kappa shape index (κ1) is 71.2. The molecule has 25 nitrogen and oxygen atoms in total. The van der Waals surface area contributed by atoms with Crippen LogP contribution in [-0.2, 0) is 63.8 Å². The van der Waals surface area contributed by atoms with Crippen molar-refractivity contribution < 1.29 is 62.2 Å². The zero-order valence-electron chi connectivity index (χ0n) is 53.6. The molecule has 1 aliphatic carbocycles. The van der Waals surface area contributed by atoms with Crippen molar-refractivity contribution in [2.45, 2.75) is 180 Å². The fourth-order valence-corrected chi connectivity index (χ4v) is 13.6. The van der Waals surface area contributed by atoms with Crippen LogP contribution in [0.2, 0.25) is 0 Å². The number of carbonyl (C=O) groups excluding carboxylic acids is 10. The van der Waals surface area contributed by atoms with Gasteiger partial charge < -0.3 is 61.6 Å². The van der Waals surface area contributed by atoms with E-state index in [1.54, 1.807) is 69.1 Å². The van der Waals surface area contributed by atoms with Crippen molar-refractivity contribution in [2.24, 2.45) is 35.3 Å². The number of piperidine rings is 1. The van der Waals surface area contributed by atoms with Crippen LogP contribution in [0.25, 0.3) is 0 Å². The molecule has 3 aliphatic heterocycles. The van der Waals surface area contributed by atoms with E-state index in [4.69, 9.17) is 19.9 Å². The predicted molar refractivity (Wildman–Crippen MR) is 334 cm³/mol. The maximum Gasteiger partial charge on any atom is 0.312 e. The highest BCUT2D eigenvalue weighted by molar-refractivity contribution is 7.09. The van der Waals surface area contributed by atoms with Crippen LogP contribution < -0.4 is 37.6 Å². The van der Waals surface area contributed by atoms with E-state index < -0.39 is 95.9 Å². The molecule has 13 unspecified atom stereocenters. The van der Waals surface area contributed by atoms with Gasteiger partial charge in [0.05, 0.1) is 68.5 Å². The number of nitrogens with one attached hydrogen (secondary N) is 6. The standard InChI is InChI=1S/C63H96N12O13S/c1-12-38(6)54(73(9)62(84)53(37(4)5)71-60(83)55-41-20-21-43(34-41)72(55)8)47(86-10)35-51(79)74-27-15-19-46(74)56(87-11)39(7)57(80)69-45(61-65-26-31-89-61)33-40-16-13-17-42(32-40)67-58(81)44(18-14-25-66-63(64)85)68-59(82)52(36(2)3)70-48(76)24-29-88-30-28-75-49(77)22-23-50(75)78/h13,16-17,22-23,26,31-32,36-39,41,43-47,52-56H,12,14-15,18-21,24-25,27-30,33-35H2,1-11H3,(H,67,81)(H,68,82)(H,69,80)(H,70,76)(H,71,83)(H3,64,66,85). The first-order valence-electron chi connectivity index (χ1n) is 31.4. The molecular weight excluding hydrogens is 1160 g/mol. The van der Waals surface area contributed by atoms with Gasteiger partial charge in [0.15, 0.2) is 0 Å². The Labute approximate surface area is 527 Å². The van der Waals surface area contributed by atoms with Crippen molar-refractivity contribution in [3.05, 3.63) is 58.6 Å². The van der Waals surface area contributed by atoms with E-state index in [2.05, 4.69) is 41.8 Å². The number of ether oxygens (including phenoxy) is 3. The van der Waals surface area contributed by atoms with E-state index in [1.165, 1.54) is 30.6 Å². The zero-order valence-corrected chi connectivity index (χ0v) is 54.4. The number of fused-ring (bicyclic) bond motifs is 2. The maximum atomic E-state index is 14.7. The Hall–Kier alpha value is -6.87. The molecule has 13 atom stereocenters. The van der Waals surface area contributed by atoms with Crippen molar-refractivity contribution in [3.63, 3.8) is 0 Å². The number of urea groups is 1. The summed E-state index contributed by atoms with van der Waals surface area (Å²) in [5, 5.41) is 19.7. The Morgan fingerprint density at radius 1 is 0.865 bits per heavy atom. The summed E-state index contributed by atoms with van der Waals surface area (Å²) < 4.78 is 17.7. The Bertz CT molecular complexity index is 2780. The number of nitrogens with two attached hydrogens (primary N) is 1. The quantitative estimate of drug-likeness (QED) is 0.0384. The predicted octanol–water partition coefficient (Wildman–Crippen LogP) is 3.43. The van der Waals surface area contributed by atoms with Gasteiger partial charge in [-0.25, -0.2) is 9.78 Å². The third kappa shape index (κ3) is 19.1. The van der Waals surface area contributed by atoms with Crippen LogP contribution in [0, 0.1) is 29.6 Å². The second kappa shape index (κ2) is 33.8. The number of anilines is 1. The molecule has 2 saturated heterocycles. The Balaban J connectivity index is 1.08. The molecule has 492 valence electrons. The Kier molecular flexibility index (Phi) is 27.0. The smallest absolute Gasteiger partial charge is 0.312 e. The van der Waals surface area contributed by atoms with Gasteiger partial charge >= 0.3 is 6.03 Å². The number of nitrogens with zero attached hydrogens (tertiary/aromatic N) is 5. The van der Waals surface area contributed by atoms with Crippen molar-refractivity contribution in [2.75, 3.05) is 66.5 Å². The van der Waals surface area contributed by atoms with E-state index in [0.29, 0.717) is 42.5 Å². The van der Waals surface area contributed by atoms with Gasteiger partial charge in [-0.3, -0.25) is 53.0 Å². The summed E-state index contributed by atoms with van der Waals surface area (Å²) in [7, 11) is 6.81. The number of methoxy groups -OCH3 is 2. The fourth-order valence-electron chi connectivity index (χ4n) is 12.9. The van der Waals surface area contributed by atoms with Crippen molar-refractivity contribution in [1.29, 1.82) is 0 Å². The molecule has 0 spiro atoms. The minimum Gasteiger partial charge on any atom is -0.379 e. The van der Waals surface area contributed by atoms with Crippen LogP contribution in [0.4, 0.5) is 10.5 Å². The lowest BCUT2D eigenvalue weighted by Crippen LogP contribution is -2.60. The molecule has 2 aromatic rings. The molecule has 1 aromatic heterocycles. The van der Waals surface area contributed by atoms with Crippen molar-refractivity contribution in [3.8, 4) is 0 Å². The van der Waals surface area contributed by atoms with Gasteiger partial charge in [-0.2, -0.15) is 0 Å². The van der Waals surface area contributed by atoms with Crippen LogP contribution in [0.3, 0.4) is 0 Å². The maximum absolute atomic E-state index is 14.7. The number of carbonyl (C=O) groups is 10. The highest BCUT2D eigenvalue weighted by Gasteiger charge is 2.49. The highest BCUT2D eigenvalue weighted by Crippen LogP contribution is 2.41. The number of thiazole rings is 1. The number of imide groups is 1. The monoisotopic (exact) mass is 1260 g/mol. The van der Waals surface area contributed by atoms with Crippen LogP contribution in [0.15, 0.2) is 48.0 Å². The van der Waals surface area contributed by atoms with Gasteiger partial charge in [-0.1, -0.05) is 67.0 Å². The Morgan fingerprint density at radius 2 is 1.58 bits per heavy atom. The van der Waals surface area contributed by atoms with Crippen LogP contribution in [0.5, 0.6) is 0 Å². The number of rotatable bonds is 35. The summed E-state index contributed by atoms with van der Waals surface area (Å²) in [5.74, 6) is -4.62. The van der Waals surface area contributed by atoms with E-state index in [1.807, 2.05) is 46.2 Å². The fraction of sp³-hybridized carbons (Fsp3) is 0.667. The van der Waals surface area contributed by atoms with E-state index in [9.17, 15) is 47.9 Å². The number of benzene rings is 1. The summed E-state index contributed by atoms with van der Waals surface area (Å²) in [6.07, 6.45) is 8.06. The number of primary amides is 1. The van der Waals surface area contributed by atoms with Gasteiger partial charge in [0, 0.05) is 76.2 Å². The van der Waals surface area contributed by atoms with Crippen LogP contribution in [0.1, 0.15) is 129 Å². The first-order chi connectivity index (χ1) is 42.4. The lowest BCUT2D eigenvalue weighted by molar-refractivity contribution is -0.148.